The van der Waals surface area contributed by atoms with Crippen LogP contribution >= 0.6 is 15.9 Å². The van der Waals surface area contributed by atoms with Crippen LogP contribution in [0.4, 0.5) is 0 Å². The Morgan fingerprint density at radius 3 is 2.47 bits per heavy atom. The Balaban J connectivity index is 2.37. The summed E-state index contributed by atoms with van der Waals surface area (Å²) >= 11 is 3.45. The van der Waals surface area contributed by atoms with Crippen molar-refractivity contribution in [2.75, 3.05) is 0 Å². The number of nitrogens with zero attached hydrogens (tertiary/aromatic N) is 2. The molecule has 0 unspecified atom stereocenters. The van der Waals surface area contributed by atoms with Crippen molar-refractivity contribution in [2.24, 2.45) is 0 Å². The molecule has 0 aliphatic carbocycles. The highest BCUT2D eigenvalue weighted by molar-refractivity contribution is 9.10. The maximum atomic E-state index is 4.28. The third kappa shape index (κ3) is 2.42. The van der Waals surface area contributed by atoms with E-state index in [0.29, 0.717) is 0 Å². The zero-order valence-electron chi connectivity index (χ0n) is 8.44. The second kappa shape index (κ2) is 4.53. The zero-order chi connectivity index (χ0) is 10.7. The number of rotatable bonds is 2. The fourth-order valence-corrected chi connectivity index (χ4v) is 1.75. The molecule has 0 saturated heterocycles. The summed E-state index contributed by atoms with van der Waals surface area (Å²) in [6.07, 6.45) is 4.61. The minimum absolute atomic E-state index is 0.874. The zero-order valence-corrected chi connectivity index (χ0v) is 10.0. The van der Waals surface area contributed by atoms with Gasteiger partial charge in [-0.1, -0.05) is 35.0 Å². The lowest BCUT2D eigenvalue weighted by molar-refractivity contribution is 0.941. The minimum Gasteiger partial charge on any atom is -0.241 e. The van der Waals surface area contributed by atoms with Gasteiger partial charge < -0.3 is 0 Å². The molecular weight excluding hydrogens is 252 g/mol. The number of hydrogen-bond donors (Lipinski definition) is 0. The van der Waals surface area contributed by atoms with Gasteiger partial charge in [0.15, 0.2) is 0 Å². The Labute approximate surface area is 97.5 Å². The molecule has 1 aromatic heterocycles. The van der Waals surface area contributed by atoms with E-state index in [9.17, 15) is 0 Å². The highest BCUT2D eigenvalue weighted by Crippen LogP contribution is 2.21. The van der Waals surface area contributed by atoms with E-state index in [4.69, 9.17) is 0 Å². The van der Waals surface area contributed by atoms with Gasteiger partial charge in [0.25, 0.3) is 0 Å². The molecule has 0 radical (unpaired) electrons. The quantitative estimate of drug-likeness (QED) is 0.829. The van der Waals surface area contributed by atoms with Crippen molar-refractivity contribution >= 4 is 15.9 Å². The molecule has 1 heterocycles. The van der Waals surface area contributed by atoms with Gasteiger partial charge in [0.05, 0.1) is 0 Å². The van der Waals surface area contributed by atoms with Crippen LogP contribution in [0.15, 0.2) is 41.1 Å². The van der Waals surface area contributed by atoms with E-state index in [1.807, 2.05) is 31.5 Å². The summed E-state index contributed by atoms with van der Waals surface area (Å²) in [4.78, 5) is 8.55. The van der Waals surface area contributed by atoms with E-state index >= 15 is 0 Å². The van der Waals surface area contributed by atoms with Crippen LogP contribution in [0.1, 0.15) is 12.7 Å². The van der Waals surface area contributed by atoms with Crippen molar-refractivity contribution in [1.29, 1.82) is 0 Å². The van der Waals surface area contributed by atoms with E-state index in [2.05, 4.69) is 38.0 Å². The highest BCUT2D eigenvalue weighted by Gasteiger charge is 1.99. The van der Waals surface area contributed by atoms with E-state index < -0.39 is 0 Å². The minimum atomic E-state index is 0.874. The fraction of sp³-hybridized carbons (Fsp3) is 0.167. The van der Waals surface area contributed by atoms with Crippen LogP contribution in [0.3, 0.4) is 0 Å². The van der Waals surface area contributed by atoms with Gasteiger partial charge in [0, 0.05) is 28.9 Å². The highest BCUT2D eigenvalue weighted by atomic mass is 79.9. The molecule has 0 amide bonds. The van der Waals surface area contributed by atoms with Crippen LogP contribution in [0.5, 0.6) is 0 Å². The van der Waals surface area contributed by atoms with Crippen LogP contribution in [-0.2, 0) is 6.42 Å². The third-order valence-electron chi connectivity index (χ3n) is 2.18. The van der Waals surface area contributed by atoms with Crippen molar-refractivity contribution < 1.29 is 0 Å². The standard InChI is InChI=1S/C12H11BrN2/c1-2-12-14-7-10(8-15-12)9-4-3-5-11(13)6-9/h3-8H,2H2,1H3. The van der Waals surface area contributed by atoms with Crippen LogP contribution in [-0.4, -0.2) is 9.97 Å². The maximum absolute atomic E-state index is 4.28. The Kier molecular flexibility index (Phi) is 3.11. The number of aromatic nitrogens is 2. The van der Waals surface area contributed by atoms with Gasteiger partial charge in [-0.15, -0.1) is 0 Å². The average Bonchev–Trinajstić information content (AvgIpc) is 2.29. The molecular formula is C12H11BrN2. The molecule has 2 nitrogen and oxygen atoms in total. The molecule has 0 spiro atoms. The largest absolute Gasteiger partial charge is 0.241 e. The van der Waals surface area contributed by atoms with Crippen LogP contribution in [0, 0.1) is 0 Å². The molecule has 3 heteroatoms. The Morgan fingerprint density at radius 2 is 1.87 bits per heavy atom. The molecule has 0 fully saturated rings. The molecule has 2 aromatic rings. The molecule has 76 valence electrons. The first-order valence-corrected chi connectivity index (χ1v) is 5.65. The van der Waals surface area contributed by atoms with Crippen molar-refractivity contribution in [3.05, 3.63) is 47.0 Å². The number of halogens is 1. The maximum Gasteiger partial charge on any atom is 0.127 e. The molecule has 0 atom stereocenters. The van der Waals surface area contributed by atoms with Crippen molar-refractivity contribution in [2.45, 2.75) is 13.3 Å². The topological polar surface area (TPSA) is 25.8 Å². The predicted octanol–water partition coefficient (Wildman–Crippen LogP) is 3.47. The van der Waals surface area contributed by atoms with E-state index in [1.54, 1.807) is 0 Å². The molecule has 0 bridgehead atoms. The van der Waals surface area contributed by atoms with E-state index in [-0.39, 0.29) is 0 Å². The summed E-state index contributed by atoms with van der Waals surface area (Å²) < 4.78 is 1.07. The van der Waals surface area contributed by atoms with E-state index in [1.165, 1.54) is 0 Å². The summed E-state index contributed by atoms with van der Waals surface area (Å²) in [5.74, 6) is 0.883. The van der Waals surface area contributed by atoms with Crippen LogP contribution < -0.4 is 0 Å². The summed E-state index contributed by atoms with van der Waals surface area (Å²) in [7, 11) is 0. The SMILES string of the molecule is CCc1ncc(-c2cccc(Br)c2)cn1. The first kappa shape index (κ1) is 10.3. The molecule has 2 rings (SSSR count). The lowest BCUT2D eigenvalue weighted by Gasteiger charge is -2.02. The summed E-state index contributed by atoms with van der Waals surface area (Å²) in [5.41, 5.74) is 2.18. The Bertz CT molecular complexity index is 451. The monoisotopic (exact) mass is 262 g/mol. The van der Waals surface area contributed by atoms with Crippen molar-refractivity contribution in [3.8, 4) is 11.1 Å². The fourth-order valence-electron chi connectivity index (χ4n) is 1.35. The molecule has 0 saturated carbocycles. The lowest BCUT2D eigenvalue weighted by Crippen LogP contribution is -1.91. The third-order valence-corrected chi connectivity index (χ3v) is 2.67. The van der Waals surface area contributed by atoms with Crippen molar-refractivity contribution in [1.82, 2.24) is 9.97 Å². The van der Waals surface area contributed by atoms with Gasteiger partial charge >= 0.3 is 0 Å². The normalized spacial score (nSPS) is 10.3. The summed E-state index contributed by atoms with van der Waals surface area (Å²) in [5, 5.41) is 0. The smallest absolute Gasteiger partial charge is 0.127 e. The molecule has 1 aromatic carbocycles. The molecule has 0 aliphatic rings. The van der Waals surface area contributed by atoms with Crippen molar-refractivity contribution in [3.63, 3.8) is 0 Å². The Morgan fingerprint density at radius 1 is 1.13 bits per heavy atom. The second-order valence-corrected chi connectivity index (χ2v) is 4.17. The van der Waals surface area contributed by atoms with Crippen LogP contribution in [0.25, 0.3) is 11.1 Å². The average molecular weight is 263 g/mol. The first-order chi connectivity index (χ1) is 7.29. The molecule has 0 aliphatic heterocycles. The van der Waals surface area contributed by atoms with Crippen LogP contribution in [0.2, 0.25) is 0 Å². The van der Waals surface area contributed by atoms with Gasteiger partial charge in [-0.3, -0.25) is 0 Å². The number of hydrogen-bond acceptors (Lipinski definition) is 2. The summed E-state index contributed by atoms with van der Waals surface area (Å²) in [6, 6.07) is 8.12. The van der Waals surface area contributed by atoms with Gasteiger partial charge in [-0.2, -0.15) is 0 Å². The second-order valence-electron chi connectivity index (χ2n) is 3.25. The van der Waals surface area contributed by atoms with Gasteiger partial charge in [-0.25, -0.2) is 9.97 Å². The molecule has 15 heavy (non-hydrogen) atoms. The number of benzene rings is 1. The van der Waals surface area contributed by atoms with Gasteiger partial charge in [0.1, 0.15) is 5.82 Å². The number of aryl methyl sites for hydroxylation is 1. The summed E-state index contributed by atoms with van der Waals surface area (Å²) in [6.45, 7) is 2.05. The molecule has 0 N–H and O–H groups in total. The first-order valence-electron chi connectivity index (χ1n) is 4.86. The predicted molar refractivity (Wildman–Crippen MR) is 64.5 cm³/mol. The lowest BCUT2D eigenvalue weighted by atomic mass is 10.1. The Hall–Kier alpha value is -1.22. The van der Waals surface area contributed by atoms with E-state index in [0.717, 1.165) is 27.8 Å². The van der Waals surface area contributed by atoms with Gasteiger partial charge in [0.2, 0.25) is 0 Å². The van der Waals surface area contributed by atoms with Gasteiger partial charge in [-0.05, 0) is 17.7 Å².